The lowest BCUT2D eigenvalue weighted by molar-refractivity contribution is 0.671. The second kappa shape index (κ2) is 5.25. The molecule has 0 radical (unpaired) electrons. The molecular weight excluding hydrogens is 290 g/mol. The molecule has 2 aromatic rings. The minimum absolute atomic E-state index is 0.217. The topological polar surface area (TPSA) is 26.0 Å². The molecule has 0 aromatic carbocycles. The van der Waals surface area contributed by atoms with Gasteiger partial charge in [-0.05, 0) is 62.6 Å². The van der Waals surface area contributed by atoms with Gasteiger partial charge in [0, 0.05) is 15.4 Å². The Morgan fingerprint density at radius 2 is 2.13 bits per heavy atom. The first-order valence-electron chi connectivity index (χ1n) is 4.74. The van der Waals surface area contributed by atoms with Crippen molar-refractivity contribution >= 4 is 38.6 Å². The van der Waals surface area contributed by atoms with Crippen LogP contribution in [-0.4, -0.2) is 6.04 Å². The van der Waals surface area contributed by atoms with Gasteiger partial charge in [0.15, 0.2) is 0 Å². The molecule has 1 nitrogen and oxygen atoms in total. The van der Waals surface area contributed by atoms with Gasteiger partial charge in [-0.1, -0.05) is 0 Å². The summed E-state index contributed by atoms with van der Waals surface area (Å²) in [6.07, 6.45) is 1.92. The predicted molar refractivity (Wildman–Crippen MR) is 71.7 cm³/mol. The Balaban J connectivity index is 1.93. The Kier molecular flexibility index (Phi) is 3.97. The third-order valence-electron chi connectivity index (χ3n) is 2.22. The van der Waals surface area contributed by atoms with Crippen LogP contribution < -0.4 is 5.73 Å². The number of rotatable bonds is 4. The number of thiophene rings is 2. The molecule has 0 aliphatic rings. The lowest BCUT2D eigenvalue weighted by Crippen LogP contribution is -2.24. The van der Waals surface area contributed by atoms with E-state index in [1.165, 1.54) is 14.9 Å². The van der Waals surface area contributed by atoms with Crippen LogP contribution >= 0.6 is 38.6 Å². The first kappa shape index (κ1) is 11.3. The Morgan fingerprint density at radius 1 is 1.27 bits per heavy atom. The van der Waals surface area contributed by atoms with Crippen molar-refractivity contribution in [2.24, 2.45) is 5.73 Å². The van der Waals surface area contributed by atoms with Crippen molar-refractivity contribution in [2.45, 2.75) is 18.9 Å². The zero-order valence-corrected chi connectivity index (χ0v) is 11.4. The molecule has 2 N–H and O–H groups in total. The fraction of sp³-hybridized carbons (Fsp3) is 0.273. The van der Waals surface area contributed by atoms with E-state index in [1.807, 2.05) is 0 Å². The number of hydrogen-bond donors (Lipinski definition) is 1. The van der Waals surface area contributed by atoms with Crippen LogP contribution in [0.3, 0.4) is 0 Å². The van der Waals surface area contributed by atoms with Crippen LogP contribution in [-0.2, 0) is 12.8 Å². The fourth-order valence-electron chi connectivity index (χ4n) is 1.49. The van der Waals surface area contributed by atoms with Crippen LogP contribution in [0.5, 0.6) is 0 Å². The smallest absolute Gasteiger partial charge is 0.0314 e. The summed E-state index contributed by atoms with van der Waals surface area (Å²) >= 11 is 7.03. The lowest BCUT2D eigenvalue weighted by Gasteiger charge is -2.09. The highest BCUT2D eigenvalue weighted by Gasteiger charge is 2.09. The van der Waals surface area contributed by atoms with Crippen molar-refractivity contribution in [1.29, 1.82) is 0 Å². The zero-order chi connectivity index (χ0) is 10.7. The second-order valence-corrected chi connectivity index (χ2v) is 6.13. The molecule has 0 saturated carbocycles. The summed E-state index contributed by atoms with van der Waals surface area (Å²) in [7, 11) is 0. The monoisotopic (exact) mass is 301 g/mol. The van der Waals surface area contributed by atoms with E-state index in [0.29, 0.717) is 0 Å². The van der Waals surface area contributed by atoms with E-state index >= 15 is 0 Å². The summed E-state index contributed by atoms with van der Waals surface area (Å²) in [5.41, 5.74) is 7.46. The molecule has 0 aliphatic carbocycles. The molecule has 0 saturated heterocycles. The molecule has 0 amide bonds. The molecule has 0 aliphatic heterocycles. The molecule has 1 unspecified atom stereocenters. The summed E-state index contributed by atoms with van der Waals surface area (Å²) in [5, 5.41) is 6.36. The Hall–Kier alpha value is -0.160. The van der Waals surface area contributed by atoms with E-state index < -0.39 is 0 Å². The second-order valence-electron chi connectivity index (χ2n) is 3.49. The highest BCUT2D eigenvalue weighted by Crippen LogP contribution is 2.24. The molecule has 80 valence electrons. The number of hydrogen-bond acceptors (Lipinski definition) is 3. The molecule has 4 heteroatoms. The maximum atomic E-state index is 6.12. The van der Waals surface area contributed by atoms with Crippen LogP contribution in [0.15, 0.2) is 32.7 Å². The first-order valence-corrected chi connectivity index (χ1v) is 7.36. The van der Waals surface area contributed by atoms with Gasteiger partial charge >= 0.3 is 0 Å². The molecule has 0 bridgehead atoms. The van der Waals surface area contributed by atoms with E-state index in [9.17, 15) is 0 Å². The van der Waals surface area contributed by atoms with Crippen LogP contribution in [0.25, 0.3) is 0 Å². The summed E-state index contributed by atoms with van der Waals surface area (Å²) in [6, 6.07) is 4.44. The maximum Gasteiger partial charge on any atom is 0.0314 e. The normalized spacial score (nSPS) is 12.9. The minimum atomic E-state index is 0.217. The Bertz CT molecular complexity index is 408. The lowest BCUT2D eigenvalue weighted by atomic mass is 10.1. The van der Waals surface area contributed by atoms with Crippen molar-refractivity contribution in [3.05, 3.63) is 43.2 Å². The maximum absolute atomic E-state index is 6.12. The van der Waals surface area contributed by atoms with Gasteiger partial charge in [0.05, 0.1) is 0 Å². The summed E-state index contributed by atoms with van der Waals surface area (Å²) < 4.78 is 1.19. The molecule has 2 aromatic heterocycles. The SMILES string of the molecule is NC(Cc1ccsc1)Cc1sccc1Br. The van der Waals surface area contributed by atoms with Crippen LogP contribution in [0.1, 0.15) is 10.4 Å². The number of halogens is 1. The molecule has 0 spiro atoms. The van der Waals surface area contributed by atoms with E-state index in [-0.39, 0.29) is 6.04 Å². The third kappa shape index (κ3) is 3.14. The highest BCUT2D eigenvalue weighted by atomic mass is 79.9. The van der Waals surface area contributed by atoms with Crippen molar-refractivity contribution in [1.82, 2.24) is 0 Å². The highest BCUT2D eigenvalue weighted by molar-refractivity contribution is 9.10. The average Bonchev–Trinajstić information content (AvgIpc) is 2.79. The summed E-state index contributed by atoms with van der Waals surface area (Å²) in [6.45, 7) is 0. The van der Waals surface area contributed by atoms with Gasteiger partial charge in [-0.3, -0.25) is 0 Å². The van der Waals surface area contributed by atoms with E-state index in [1.54, 1.807) is 22.7 Å². The van der Waals surface area contributed by atoms with Gasteiger partial charge in [-0.15, -0.1) is 11.3 Å². The molecule has 2 heterocycles. The molecule has 1 atom stereocenters. The van der Waals surface area contributed by atoms with E-state index in [2.05, 4.69) is 44.2 Å². The van der Waals surface area contributed by atoms with E-state index in [4.69, 9.17) is 5.73 Å². The van der Waals surface area contributed by atoms with Crippen molar-refractivity contribution in [3.8, 4) is 0 Å². The van der Waals surface area contributed by atoms with Gasteiger partial charge in [0.2, 0.25) is 0 Å². The fourth-order valence-corrected chi connectivity index (χ4v) is 3.78. The molecule has 2 rings (SSSR count). The van der Waals surface area contributed by atoms with Crippen molar-refractivity contribution < 1.29 is 0 Å². The summed E-state index contributed by atoms with van der Waals surface area (Å²) in [5.74, 6) is 0. The molecule has 15 heavy (non-hydrogen) atoms. The quantitative estimate of drug-likeness (QED) is 0.916. The van der Waals surface area contributed by atoms with Gasteiger partial charge in [-0.25, -0.2) is 0 Å². The van der Waals surface area contributed by atoms with Gasteiger partial charge in [-0.2, -0.15) is 11.3 Å². The Labute approximate surface area is 106 Å². The van der Waals surface area contributed by atoms with Crippen molar-refractivity contribution in [3.63, 3.8) is 0 Å². The van der Waals surface area contributed by atoms with Crippen LogP contribution in [0.2, 0.25) is 0 Å². The van der Waals surface area contributed by atoms with Crippen molar-refractivity contribution in [2.75, 3.05) is 0 Å². The van der Waals surface area contributed by atoms with Crippen LogP contribution in [0, 0.1) is 0 Å². The largest absolute Gasteiger partial charge is 0.327 e. The average molecular weight is 302 g/mol. The van der Waals surface area contributed by atoms with Gasteiger partial charge in [0.1, 0.15) is 0 Å². The third-order valence-corrected chi connectivity index (χ3v) is 4.90. The van der Waals surface area contributed by atoms with Gasteiger partial charge in [0.25, 0.3) is 0 Å². The first-order chi connectivity index (χ1) is 7.25. The van der Waals surface area contributed by atoms with E-state index in [0.717, 1.165) is 12.8 Å². The molecular formula is C11H12BrNS2. The number of nitrogens with two attached hydrogens (primary N) is 1. The standard InChI is InChI=1S/C11H12BrNS2/c12-10-2-4-15-11(10)6-9(13)5-8-1-3-14-7-8/h1-4,7,9H,5-6,13H2. The minimum Gasteiger partial charge on any atom is -0.327 e. The van der Waals surface area contributed by atoms with Crippen LogP contribution in [0.4, 0.5) is 0 Å². The van der Waals surface area contributed by atoms with Gasteiger partial charge < -0.3 is 5.73 Å². The predicted octanol–water partition coefficient (Wildman–Crippen LogP) is 3.68. The summed E-state index contributed by atoms with van der Waals surface area (Å²) in [4.78, 5) is 1.35. The molecule has 0 fully saturated rings. The Morgan fingerprint density at radius 3 is 2.73 bits per heavy atom. The zero-order valence-electron chi connectivity index (χ0n) is 8.15.